The first-order chi connectivity index (χ1) is 12.8. The van der Waals surface area contributed by atoms with Crippen molar-refractivity contribution < 1.29 is 14.3 Å². The highest BCUT2D eigenvalue weighted by molar-refractivity contribution is 5.92. The summed E-state index contributed by atoms with van der Waals surface area (Å²) in [5, 5.41) is 0. The second-order valence-electron chi connectivity index (χ2n) is 6.41. The zero-order valence-electron chi connectivity index (χ0n) is 14.5. The van der Waals surface area contributed by atoms with Crippen LogP contribution in [0.1, 0.15) is 11.1 Å². The van der Waals surface area contributed by atoms with Crippen LogP contribution >= 0.6 is 0 Å². The van der Waals surface area contributed by atoms with Gasteiger partial charge in [-0.1, -0.05) is 12.1 Å². The van der Waals surface area contributed by atoms with E-state index >= 15 is 0 Å². The van der Waals surface area contributed by atoms with Crippen LogP contribution in [0.15, 0.2) is 48.8 Å². The van der Waals surface area contributed by atoms with Crippen molar-refractivity contribution in [3.8, 4) is 11.5 Å². The predicted molar refractivity (Wildman–Crippen MR) is 97.7 cm³/mol. The highest BCUT2D eigenvalue weighted by Crippen LogP contribution is 2.32. The third-order valence-electron chi connectivity index (χ3n) is 4.63. The third kappa shape index (κ3) is 3.86. The Morgan fingerprint density at radius 2 is 1.96 bits per heavy atom. The zero-order chi connectivity index (χ0) is 17.8. The molecule has 6 heteroatoms. The number of aromatic nitrogens is 1. The largest absolute Gasteiger partial charge is 0.454 e. The Hall–Kier alpha value is -2.86. The molecule has 0 radical (unpaired) electrons. The van der Waals surface area contributed by atoms with Crippen LogP contribution in [0.5, 0.6) is 11.5 Å². The zero-order valence-corrected chi connectivity index (χ0v) is 14.5. The molecule has 6 nitrogen and oxygen atoms in total. The van der Waals surface area contributed by atoms with Gasteiger partial charge in [-0.05, 0) is 35.4 Å². The van der Waals surface area contributed by atoms with E-state index in [2.05, 4.69) is 16.0 Å². The van der Waals surface area contributed by atoms with Crippen molar-refractivity contribution in [2.75, 3.05) is 33.0 Å². The topological polar surface area (TPSA) is 54.9 Å². The molecular formula is C20H21N3O3. The lowest BCUT2D eigenvalue weighted by atomic mass is 10.2. The average Bonchev–Trinajstić information content (AvgIpc) is 3.15. The van der Waals surface area contributed by atoms with E-state index in [9.17, 15) is 4.79 Å². The summed E-state index contributed by atoms with van der Waals surface area (Å²) in [5.74, 6) is 1.52. The number of amides is 1. The highest BCUT2D eigenvalue weighted by Gasteiger charge is 2.19. The maximum atomic E-state index is 12.4. The summed E-state index contributed by atoms with van der Waals surface area (Å²) in [6, 6.07) is 9.71. The summed E-state index contributed by atoms with van der Waals surface area (Å²) >= 11 is 0. The number of piperazine rings is 1. The van der Waals surface area contributed by atoms with Gasteiger partial charge in [-0.3, -0.25) is 14.7 Å². The van der Waals surface area contributed by atoms with Gasteiger partial charge in [-0.2, -0.15) is 0 Å². The Morgan fingerprint density at radius 1 is 1.12 bits per heavy atom. The van der Waals surface area contributed by atoms with Gasteiger partial charge in [0.1, 0.15) is 0 Å². The fourth-order valence-corrected chi connectivity index (χ4v) is 3.17. The minimum atomic E-state index is 0.0451. The molecule has 2 aliphatic rings. The summed E-state index contributed by atoms with van der Waals surface area (Å²) < 4.78 is 10.7. The molecular weight excluding hydrogens is 330 g/mol. The van der Waals surface area contributed by atoms with E-state index < -0.39 is 0 Å². The molecule has 3 heterocycles. The van der Waals surface area contributed by atoms with Crippen molar-refractivity contribution in [1.29, 1.82) is 0 Å². The lowest BCUT2D eigenvalue weighted by Gasteiger charge is -2.34. The number of fused-ring (bicyclic) bond motifs is 1. The minimum absolute atomic E-state index is 0.0451. The number of nitrogens with zero attached hydrogens (tertiary/aromatic N) is 3. The van der Waals surface area contributed by atoms with E-state index in [1.54, 1.807) is 12.3 Å². The minimum Gasteiger partial charge on any atom is -0.454 e. The van der Waals surface area contributed by atoms with E-state index in [4.69, 9.17) is 9.47 Å². The second kappa shape index (κ2) is 7.58. The first-order valence-corrected chi connectivity index (χ1v) is 8.76. The maximum absolute atomic E-state index is 12.4. The van der Waals surface area contributed by atoms with Crippen LogP contribution in [0.2, 0.25) is 0 Å². The van der Waals surface area contributed by atoms with Crippen molar-refractivity contribution in [3.63, 3.8) is 0 Å². The number of carbonyl (C=O) groups excluding carboxylic acids is 1. The normalized spacial score (nSPS) is 17.0. The molecule has 1 fully saturated rings. The number of pyridine rings is 1. The lowest BCUT2D eigenvalue weighted by molar-refractivity contribution is -0.127. The van der Waals surface area contributed by atoms with Crippen LogP contribution in [0.25, 0.3) is 6.08 Å². The molecule has 134 valence electrons. The SMILES string of the molecule is O=C(/C=C/c1ccc2c(c1)OCO2)N1CCN(Cc2cccnc2)CC1. The Morgan fingerprint density at radius 3 is 2.77 bits per heavy atom. The first-order valence-electron chi connectivity index (χ1n) is 8.76. The number of ether oxygens (including phenoxy) is 2. The van der Waals surface area contributed by atoms with Crippen LogP contribution in [0.3, 0.4) is 0 Å². The fraction of sp³-hybridized carbons (Fsp3) is 0.300. The molecule has 2 aliphatic heterocycles. The molecule has 2 aromatic rings. The van der Waals surface area contributed by atoms with Crippen molar-refractivity contribution in [3.05, 3.63) is 59.9 Å². The number of rotatable bonds is 4. The molecule has 0 spiro atoms. The van der Waals surface area contributed by atoms with Gasteiger partial charge in [0.2, 0.25) is 12.7 Å². The third-order valence-corrected chi connectivity index (χ3v) is 4.63. The highest BCUT2D eigenvalue weighted by atomic mass is 16.7. The van der Waals surface area contributed by atoms with Crippen LogP contribution in [-0.4, -0.2) is 53.7 Å². The van der Waals surface area contributed by atoms with E-state index in [0.29, 0.717) is 0 Å². The molecule has 0 N–H and O–H groups in total. The van der Waals surface area contributed by atoms with Crippen molar-refractivity contribution in [1.82, 2.24) is 14.8 Å². The number of hydrogen-bond donors (Lipinski definition) is 0. The molecule has 0 bridgehead atoms. The van der Waals surface area contributed by atoms with E-state index in [-0.39, 0.29) is 12.7 Å². The van der Waals surface area contributed by atoms with Gasteiger partial charge in [0.25, 0.3) is 0 Å². The lowest BCUT2D eigenvalue weighted by Crippen LogP contribution is -2.47. The smallest absolute Gasteiger partial charge is 0.246 e. The van der Waals surface area contributed by atoms with Crippen LogP contribution < -0.4 is 9.47 Å². The first kappa shape index (κ1) is 16.6. The summed E-state index contributed by atoms with van der Waals surface area (Å²) in [4.78, 5) is 20.8. The molecule has 1 saturated heterocycles. The summed E-state index contributed by atoms with van der Waals surface area (Å²) in [7, 11) is 0. The molecule has 26 heavy (non-hydrogen) atoms. The van der Waals surface area contributed by atoms with Gasteiger partial charge < -0.3 is 14.4 Å². The van der Waals surface area contributed by atoms with Gasteiger partial charge in [0.15, 0.2) is 11.5 Å². The molecule has 0 saturated carbocycles. The van der Waals surface area contributed by atoms with Gasteiger partial charge >= 0.3 is 0 Å². The van der Waals surface area contributed by atoms with Crippen molar-refractivity contribution >= 4 is 12.0 Å². The van der Waals surface area contributed by atoms with E-state index in [1.165, 1.54) is 5.56 Å². The number of hydrogen-bond acceptors (Lipinski definition) is 5. The number of carbonyl (C=O) groups is 1. The average molecular weight is 351 g/mol. The maximum Gasteiger partial charge on any atom is 0.246 e. The van der Waals surface area contributed by atoms with Crippen LogP contribution in [-0.2, 0) is 11.3 Å². The van der Waals surface area contributed by atoms with Crippen molar-refractivity contribution in [2.24, 2.45) is 0 Å². The molecule has 1 aromatic carbocycles. The summed E-state index contributed by atoms with van der Waals surface area (Å²) in [6.07, 6.45) is 7.14. The molecule has 0 unspecified atom stereocenters. The van der Waals surface area contributed by atoms with Gasteiger partial charge in [0, 0.05) is 51.2 Å². The standard InChI is InChI=1S/C20H21N3O3/c24-20(6-4-16-3-5-18-19(12-16)26-15-25-18)23-10-8-22(9-11-23)14-17-2-1-7-21-13-17/h1-7,12-13H,8-11,14-15H2/b6-4+. The molecule has 1 aromatic heterocycles. The van der Waals surface area contributed by atoms with Gasteiger partial charge in [-0.15, -0.1) is 0 Å². The Bertz CT molecular complexity index is 799. The molecule has 0 atom stereocenters. The molecule has 4 rings (SSSR count). The molecule has 1 amide bonds. The second-order valence-corrected chi connectivity index (χ2v) is 6.41. The Labute approximate surface area is 152 Å². The van der Waals surface area contributed by atoms with E-state index in [0.717, 1.165) is 49.8 Å². The quantitative estimate of drug-likeness (QED) is 0.790. The Balaban J connectivity index is 1.29. The van der Waals surface area contributed by atoms with Gasteiger partial charge in [-0.25, -0.2) is 0 Å². The van der Waals surface area contributed by atoms with Crippen LogP contribution in [0, 0.1) is 0 Å². The monoisotopic (exact) mass is 351 g/mol. The van der Waals surface area contributed by atoms with E-state index in [1.807, 2.05) is 41.4 Å². The number of benzene rings is 1. The molecule has 0 aliphatic carbocycles. The Kier molecular flexibility index (Phi) is 4.84. The van der Waals surface area contributed by atoms with Crippen molar-refractivity contribution in [2.45, 2.75) is 6.54 Å². The summed E-state index contributed by atoms with van der Waals surface area (Å²) in [6.45, 7) is 4.36. The summed E-state index contributed by atoms with van der Waals surface area (Å²) in [5.41, 5.74) is 2.13. The van der Waals surface area contributed by atoms with Gasteiger partial charge in [0.05, 0.1) is 0 Å². The van der Waals surface area contributed by atoms with Crippen LogP contribution in [0.4, 0.5) is 0 Å². The predicted octanol–water partition coefficient (Wildman–Crippen LogP) is 2.17. The fourth-order valence-electron chi connectivity index (χ4n) is 3.17.